The highest BCUT2D eigenvalue weighted by Gasteiger charge is 2.37. The van der Waals surface area contributed by atoms with E-state index in [1.54, 1.807) is 18.4 Å². The minimum Gasteiger partial charge on any atom is -0.496 e. The van der Waals surface area contributed by atoms with Gasteiger partial charge in [0.25, 0.3) is 0 Å². The maximum atomic E-state index is 6.30. The summed E-state index contributed by atoms with van der Waals surface area (Å²) in [7, 11) is 1.68. The number of para-hydroxylation sites is 1. The normalized spacial score (nSPS) is 17.2. The number of aromatic nitrogens is 1. The van der Waals surface area contributed by atoms with Crippen LogP contribution in [-0.4, -0.2) is 12.1 Å². The summed E-state index contributed by atoms with van der Waals surface area (Å²) in [5.41, 5.74) is 8.12. The number of ether oxygens (including phenoxy) is 1. The van der Waals surface area contributed by atoms with Gasteiger partial charge in [0.05, 0.1) is 18.3 Å². The van der Waals surface area contributed by atoms with Crippen LogP contribution in [0, 0.1) is 0 Å². The Morgan fingerprint density at radius 3 is 2.78 bits per heavy atom. The van der Waals surface area contributed by atoms with Crippen LogP contribution in [0.3, 0.4) is 0 Å². The first-order valence-electron chi connectivity index (χ1n) is 6.11. The van der Waals surface area contributed by atoms with Gasteiger partial charge in [-0.15, -0.1) is 11.3 Å². The van der Waals surface area contributed by atoms with Crippen LogP contribution < -0.4 is 10.5 Å². The third-order valence-corrected chi connectivity index (χ3v) is 4.62. The van der Waals surface area contributed by atoms with E-state index in [0.29, 0.717) is 0 Å². The quantitative estimate of drug-likeness (QED) is 0.922. The molecule has 1 aromatic heterocycles. The van der Waals surface area contributed by atoms with Gasteiger partial charge in [0.2, 0.25) is 0 Å². The van der Waals surface area contributed by atoms with Crippen LogP contribution in [0.1, 0.15) is 24.3 Å². The summed E-state index contributed by atoms with van der Waals surface area (Å²) in [5.74, 6) is 0.856. The molecule has 2 aromatic rings. The fourth-order valence-corrected chi connectivity index (χ4v) is 3.25. The molecular formula is C14H16N2OS. The van der Waals surface area contributed by atoms with Gasteiger partial charge in [-0.1, -0.05) is 12.1 Å². The smallest absolute Gasteiger partial charge is 0.128 e. The molecule has 0 saturated heterocycles. The molecular weight excluding hydrogens is 244 g/mol. The zero-order chi connectivity index (χ0) is 12.6. The van der Waals surface area contributed by atoms with E-state index < -0.39 is 0 Å². The number of nitrogens with two attached hydrogens (primary N) is 1. The van der Waals surface area contributed by atoms with Gasteiger partial charge >= 0.3 is 0 Å². The molecule has 0 aliphatic heterocycles. The van der Waals surface area contributed by atoms with Crippen molar-refractivity contribution in [2.75, 3.05) is 7.11 Å². The predicted octanol–water partition coefficient (Wildman–Crippen LogP) is 3.16. The number of rotatable bonds is 3. The molecule has 0 bridgehead atoms. The molecule has 0 spiro atoms. The molecule has 0 atom stereocenters. The summed E-state index contributed by atoms with van der Waals surface area (Å²) in [6.07, 6.45) is 3.30. The van der Waals surface area contributed by atoms with Crippen LogP contribution in [0.2, 0.25) is 0 Å². The van der Waals surface area contributed by atoms with Crippen molar-refractivity contribution in [2.24, 2.45) is 5.73 Å². The van der Waals surface area contributed by atoms with Crippen LogP contribution in [-0.2, 0) is 5.54 Å². The SMILES string of the molecule is COc1ccccc1-c1csc(C2(N)CCC2)n1. The van der Waals surface area contributed by atoms with Gasteiger partial charge in [-0.3, -0.25) is 0 Å². The minimum atomic E-state index is -0.176. The molecule has 0 unspecified atom stereocenters. The Hall–Kier alpha value is -1.39. The molecule has 1 aliphatic rings. The van der Waals surface area contributed by atoms with Gasteiger partial charge < -0.3 is 10.5 Å². The summed E-state index contributed by atoms with van der Waals surface area (Å²) >= 11 is 1.65. The summed E-state index contributed by atoms with van der Waals surface area (Å²) in [5, 5.41) is 3.12. The fourth-order valence-electron chi connectivity index (χ4n) is 2.25. The van der Waals surface area contributed by atoms with Gasteiger partial charge in [-0.25, -0.2) is 4.98 Å². The van der Waals surface area contributed by atoms with Crippen LogP contribution in [0.4, 0.5) is 0 Å². The van der Waals surface area contributed by atoms with E-state index in [1.807, 2.05) is 24.3 Å². The lowest BCUT2D eigenvalue weighted by Gasteiger charge is -2.35. The van der Waals surface area contributed by atoms with Crippen molar-refractivity contribution in [3.63, 3.8) is 0 Å². The van der Waals surface area contributed by atoms with Crippen molar-refractivity contribution in [3.8, 4) is 17.0 Å². The highest BCUT2D eigenvalue weighted by atomic mass is 32.1. The van der Waals surface area contributed by atoms with Crippen molar-refractivity contribution in [2.45, 2.75) is 24.8 Å². The third kappa shape index (κ3) is 1.82. The molecule has 1 saturated carbocycles. The first-order valence-corrected chi connectivity index (χ1v) is 6.99. The van der Waals surface area contributed by atoms with Crippen molar-refractivity contribution < 1.29 is 4.74 Å². The molecule has 1 fully saturated rings. The molecule has 94 valence electrons. The molecule has 4 heteroatoms. The Morgan fingerprint density at radius 2 is 2.11 bits per heavy atom. The zero-order valence-corrected chi connectivity index (χ0v) is 11.2. The Bertz CT molecular complexity index is 560. The predicted molar refractivity (Wildman–Crippen MR) is 73.8 cm³/mol. The van der Waals surface area contributed by atoms with Crippen molar-refractivity contribution in [1.82, 2.24) is 4.98 Å². The largest absolute Gasteiger partial charge is 0.496 e. The lowest BCUT2D eigenvalue weighted by molar-refractivity contribution is 0.253. The van der Waals surface area contributed by atoms with Crippen molar-refractivity contribution in [3.05, 3.63) is 34.7 Å². The summed E-state index contributed by atoms with van der Waals surface area (Å²) < 4.78 is 5.37. The van der Waals surface area contributed by atoms with Gasteiger partial charge in [0, 0.05) is 10.9 Å². The van der Waals surface area contributed by atoms with Gasteiger partial charge in [-0.05, 0) is 31.4 Å². The highest BCUT2D eigenvalue weighted by Crippen LogP contribution is 2.41. The van der Waals surface area contributed by atoms with Gasteiger partial charge in [0.15, 0.2) is 0 Å². The second-order valence-corrected chi connectivity index (χ2v) is 5.61. The Labute approximate surface area is 111 Å². The van der Waals surface area contributed by atoms with Crippen molar-refractivity contribution in [1.29, 1.82) is 0 Å². The average molecular weight is 260 g/mol. The number of methoxy groups -OCH3 is 1. The van der Waals surface area contributed by atoms with E-state index in [2.05, 4.69) is 5.38 Å². The van der Waals surface area contributed by atoms with Crippen LogP contribution in [0.15, 0.2) is 29.6 Å². The maximum absolute atomic E-state index is 6.30. The monoisotopic (exact) mass is 260 g/mol. The van der Waals surface area contributed by atoms with Gasteiger partial charge in [-0.2, -0.15) is 0 Å². The van der Waals surface area contributed by atoms with E-state index in [4.69, 9.17) is 15.5 Å². The number of nitrogens with zero attached hydrogens (tertiary/aromatic N) is 1. The molecule has 3 nitrogen and oxygen atoms in total. The Balaban J connectivity index is 1.98. The Kier molecular flexibility index (Phi) is 2.84. The topological polar surface area (TPSA) is 48.1 Å². The lowest BCUT2D eigenvalue weighted by Crippen LogP contribution is -2.43. The standard InChI is InChI=1S/C14H16N2OS/c1-17-12-6-3-2-5-10(12)11-9-18-13(16-11)14(15)7-4-8-14/h2-3,5-6,9H,4,7-8,15H2,1H3. The molecule has 18 heavy (non-hydrogen) atoms. The zero-order valence-electron chi connectivity index (χ0n) is 10.3. The molecule has 3 rings (SSSR count). The molecule has 1 aliphatic carbocycles. The molecule has 0 amide bonds. The number of benzene rings is 1. The third-order valence-electron chi connectivity index (χ3n) is 3.56. The molecule has 2 N–H and O–H groups in total. The summed E-state index contributed by atoms with van der Waals surface area (Å²) in [6.45, 7) is 0. The van der Waals surface area contributed by atoms with E-state index >= 15 is 0 Å². The maximum Gasteiger partial charge on any atom is 0.128 e. The molecule has 0 radical (unpaired) electrons. The van der Waals surface area contributed by atoms with E-state index in [9.17, 15) is 0 Å². The van der Waals surface area contributed by atoms with E-state index in [-0.39, 0.29) is 5.54 Å². The average Bonchev–Trinajstić information content (AvgIpc) is 2.85. The lowest BCUT2D eigenvalue weighted by atomic mass is 9.78. The Morgan fingerprint density at radius 1 is 1.33 bits per heavy atom. The number of thiazole rings is 1. The fraction of sp³-hybridized carbons (Fsp3) is 0.357. The van der Waals surface area contributed by atoms with Crippen LogP contribution >= 0.6 is 11.3 Å². The minimum absolute atomic E-state index is 0.176. The highest BCUT2D eigenvalue weighted by molar-refractivity contribution is 7.10. The second kappa shape index (κ2) is 4.37. The number of hydrogen-bond donors (Lipinski definition) is 1. The number of hydrogen-bond acceptors (Lipinski definition) is 4. The van der Waals surface area contributed by atoms with Crippen molar-refractivity contribution >= 4 is 11.3 Å². The van der Waals surface area contributed by atoms with E-state index in [0.717, 1.165) is 34.9 Å². The van der Waals surface area contributed by atoms with E-state index in [1.165, 1.54) is 6.42 Å². The van der Waals surface area contributed by atoms with Crippen LogP contribution in [0.25, 0.3) is 11.3 Å². The summed E-state index contributed by atoms with van der Waals surface area (Å²) in [6, 6.07) is 7.95. The molecule has 1 heterocycles. The first-order chi connectivity index (χ1) is 8.73. The van der Waals surface area contributed by atoms with Gasteiger partial charge in [0.1, 0.15) is 10.8 Å². The first kappa shape index (κ1) is 11.7. The summed E-state index contributed by atoms with van der Waals surface area (Å²) in [4.78, 5) is 4.70. The second-order valence-electron chi connectivity index (χ2n) is 4.75. The van der Waals surface area contributed by atoms with Crippen LogP contribution in [0.5, 0.6) is 5.75 Å². The molecule has 1 aromatic carbocycles.